The summed E-state index contributed by atoms with van der Waals surface area (Å²) in [6.07, 6.45) is 2.45. The van der Waals surface area contributed by atoms with E-state index in [-0.39, 0.29) is 17.0 Å². The summed E-state index contributed by atoms with van der Waals surface area (Å²) in [5, 5.41) is 16.7. The lowest BCUT2D eigenvalue weighted by Gasteiger charge is -2.20. The largest absolute Gasteiger partial charge is 0.483 e. The summed E-state index contributed by atoms with van der Waals surface area (Å²) in [6, 6.07) is 14.5. The third-order valence-electron chi connectivity index (χ3n) is 5.10. The number of ether oxygens (including phenoxy) is 1. The number of hydrogen-bond acceptors (Lipinski definition) is 7. The van der Waals surface area contributed by atoms with Crippen molar-refractivity contribution in [1.29, 1.82) is 0 Å². The van der Waals surface area contributed by atoms with Gasteiger partial charge < -0.3 is 9.15 Å². The minimum Gasteiger partial charge on any atom is -0.483 e. The van der Waals surface area contributed by atoms with Crippen LogP contribution in [-0.4, -0.2) is 34.4 Å². The number of carbonyl (C=O) groups excluding carboxylic acids is 2. The van der Waals surface area contributed by atoms with E-state index >= 15 is 0 Å². The van der Waals surface area contributed by atoms with Crippen molar-refractivity contribution >= 4 is 23.6 Å². The average Bonchev–Trinajstić information content (AvgIpc) is 3.48. The molecular formula is C23H19N3O6. The van der Waals surface area contributed by atoms with E-state index in [2.05, 4.69) is 5.10 Å². The van der Waals surface area contributed by atoms with Crippen molar-refractivity contribution in [2.75, 3.05) is 6.61 Å². The molecule has 32 heavy (non-hydrogen) atoms. The van der Waals surface area contributed by atoms with Crippen molar-refractivity contribution in [2.45, 2.75) is 19.4 Å². The Bertz CT molecular complexity index is 1180. The van der Waals surface area contributed by atoms with Gasteiger partial charge in [0.05, 0.1) is 22.5 Å². The molecule has 0 N–H and O–H groups in total. The number of aryl methyl sites for hydroxylation is 1. The molecule has 9 nitrogen and oxygen atoms in total. The Morgan fingerprint density at radius 3 is 2.72 bits per heavy atom. The number of furan rings is 1. The molecule has 0 fully saturated rings. The number of carbonyl (C=O) groups is 2. The Balaban J connectivity index is 1.55. The minimum atomic E-state index is -0.610. The molecule has 1 aliphatic rings. The molecular weight excluding hydrogens is 414 g/mol. The minimum absolute atomic E-state index is 0.0140. The maximum atomic E-state index is 13.0. The van der Waals surface area contributed by atoms with E-state index in [0.717, 1.165) is 22.9 Å². The Morgan fingerprint density at radius 1 is 1.28 bits per heavy atom. The summed E-state index contributed by atoms with van der Waals surface area (Å²) >= 11 is 0. The number of amides is 1. The molecule has 0 aliphatic carbocycles. The molecule has 3 aromatic rings. The first kappa shape index (κ1) is 21.0. The highest BCUT2D eigenvalue weighted by Gasteiger charge is 2.35. The van der Waals surface area contributed by atoms with Gasteiger partial charge in [-0.25, -0.2) is 5.01 Å². The zero-order valence-electron chi connectivity index (χ0n) is 17.1. The predicted molar refractivity (Wildman–Crippen MR) is 115 cm³/mol. The monoisotopic (exact) mass is 433 g/mol. The maximum Gasteiger partial charge on any atom is 0.281 e. The standard InChI is InChI=1S/C23H19N3O6/c1-15-4-6-16(7-5-15)19-12-20(22-3-2-10-31-22)25(24-19)23(28)14-32-21-9-8-18(26(29)30)11-17(21)13-27/h2-11,13,20H,12,14H2,1H3. The second-order valence-electron chi connectivity index (χ2n) is 7.27. The zero-order chi connectivity index (χ0) is 22.7. The van der Waals surface area contributed by atoms with Crippen LogP contribution in [0.15, 0.2) is 70.4 Å². The molecule has 1 amide bonds. The lowest BCUT2D eigenvalue weighted by Crippen LogP contribution is -2.31. The summed E-state index contributed by atoms with van der Waals surface area (Å²) < 4.78 is 11.0. The number of nitro groups is 1. The Hall–Kier alpha value is -4.27. The molecule has 2 aromatic carbocycles. The van der Waals surface area contributed by atoms with Gasteiger partial charge in [0, 0.05) is 18.6 Å². The number of nitrogens with zero attached hydrogens (tertiary/aromatic N) is 3. The number of aldehydes is 1. The first-order valence-electron chi connectivity index (χ1n) is 9.82. The van der Waals surface area contributed by atoms with Gasteiger partial charge in [-0.2, -0.15) is 5.10 Å². The van der Waals surface area contributed by atoms with E-state index < -0.39 is 23.5 Å². The Morgan fingerprint density at radius 2 is 2.06 bits per heavy atom. The number of non-ortho nitro benzene ring substituents is 1. The van der Waals surface area contributed by atoms with Crippen molar-refractivity contribution in [3.63, 3.8) is 0 Å². The van der Waals surface area contributed by atoms with Crippen LogP contribution in [0.5, 0.6) is 5.75 Å². The predicted octanol–water partition coefficient (Wildman–Crippen LogP) is 4.07. The number of hydrogen-bond donors (Lipinski definition) is 0. The van der Waals surface area contributed by atoms with Gasteiger partial charge in [0.1, 0.15) is 17.6 Å². The highest BCUT2D eigenvalue weighted by atomic mass is 16.6. The molecule has 0 spiro atoms. The maximum absolute atomic E-state index is 13.0. The number of benzene rings is 2. The average molecular weight is 433 g/mol. The molecule has 9 heteroatoms. The van der Waals surface area contributed by atoms with E-state index in [4.69, 9.17) is 9.15 Å². The summed E-state index contributed by atoms with van der Waals surface area (Å²) in [5.74, 6) is 0.229. The molecule has 1 unspecified atom stereocenters. The number of hydrazone groups is 1. The van der Waals surface area contributed by atoms with Crippen LogP contribution in [0.1, 0.15) is 39.7 Å². The third-order valence-corrected chi connectivity index (χ3v) is 5.10. The molecule has 4 rings (SSSR count). The third kappa shape index (κ3) is 4.27. The lowest BCUT2D eigenvalue weighted by atomic mass is 10.0. The van der Waals surface area contributed by atoms with Crippen LogP contribution in [0.25, 0.3) is 0 Å². The van der Waals surface area contributed by atoms with Crippen LogP contribution < -0.4 is 4.74 Å². The van der Waals surface area contributed by atoms with Gasteiger partial charge >= 0.3 is 0 Å². The Labute approximate surface area is 183 Å². The fraction of sp³-hybridized carbons (Fsp3) is 0.174. The van der Waals surface area contributed by atoms with Gasteiger partial charge in [-0.15, -0.1) is 0 Å². The summed E-state index contributed by atoms with van der Waals surface area (Å²) in [4.78, 5) is 34.6. The molecule has 0 saturated heterocycles. The summed E-state index contributed by atoms with van der Waals surface area (Å²) in [6.45, 7) is 1.59. The normalized spacial score (nSPS) is 15.3. The van der Waals surface area contributed by atoms with Crippen LogP contribution in [0.3, 0.4) is 0 Å². The highest BCUT2D eigenvalue weighted by Crippen LogP contribution is 2.33. The van der Waals surface area contributed by atoms with E-state index in [1.165, 1.54) is 23.4 Å². The molecule has 2 heterocycles. The second kappa shape index (κ2) is 8.84. The van der Waals surface area contributed by atoms with Gasteiger partial charge in [-0.1, -0.05) is 29.8 Å². The van der Waals surface area contributed by atoms with Gasteiger partial charge in [0.25, 0.3) is 11.6 Å². The lowest BCUT2D eigenvalue weighted by molar-refractivity contribution is -0.384. The second-order valence-corrected chi connectivity index (χ2v) is 7.27. The molecule has 1 aromatic heterocycles. The van der Waals surface area contributed by atoms with Crippen molar-refractivity contribution in [2.24, 2.45) is 5.10 Å². The summed E-state index contributed by atoms with van der Waals surface area (Å²) in [5.41, 5.74) is 2.51. The van der Waals surface area contributed by atoms with Gasteiger partial charge in [-0.05, 0) is 30.7 Å². The van der Waals surface area contributed by atoms with Gasteiger partial charge in [0.2, 0.25) is 0 Å². The topological polar surface area (TPSA) is 115 Å². The van der Waals surface area contributed by atoms with E-state index in [0.29, 0.717) is 18.5 Å². The van der Waals surface area contributed by atoms with Gasteiger partial charge in [0.15, 0.2) is 12.9 Å². The number of nitro benzene ring substituents is 1. The quantitative estimate of drug-likeness (QED) is 0.315. The van der Waals surface area contributed by atoms with E-state index in [1.54, 1.807) is 12.1 Å². The van der Waals surface area contributed by atoms with Gasteiger partial charge in [-0.3, -0.25) is 19.7 Å². The van der Waals surface area contributed by atoms with Crippen LogP contribution in [-0.2, 0) is 4.79 Å². The Kier molecular flexibility index (Phi) is 5.80. The SMILES string of the molecule is Cc1ccc(C2=NN(C(=O)COc3ccc([N+](=O)[O-])cc3C=O)C(c3ccco3)C2)cc1. The van der Waals surface area contributed by atoms with E-state index in [9.17, 15) is 19.7 Å². The molecule has 0 radical (unpaired) electrons. The molecule has 0 saturated carbocycles. The first-order chi connectivity index (χ1) is 15.5. The molecule has 162 valence electrons. The van der Waals surface area contributed by atoms with Crippen molar-refractivity contribution in [3.05, 3.63) is 93.4 Å². The van der Waals surface area contributed by atoms with E-state index in [1.807, 2.05) is 31.2 Å². The van der Waals surface area contributed by atoms with Crippen LogP contribution in [0, 0.1) is 17.0 Å². The van der Waals surface area contributed by atoms with Crippen LogP contribution >= 0.6 is 0 Å². The van der Waals surface area contributed by atoms with Crippen molar-refractivity contribution in [3.8, 4) is 5.75 Å². The zero-order valence-corrected chi connectivity index (χ0v) is 17.1. The van der Waals surface area contributed by atoms with Crippen LogP contribution in [0.2, 0.25) is 0 Å². The summed E-state index contributed by atoms with van der Waals surface area (Å²) in [7, 11) is 0. The fourth-order valence-corrected chi connectivity index (χ4v) is 3.44. The van der Waals surface area contributed by atoms with Crippen LogP contribution in [0.4, 0.5) is 5.69 Å². The molecule has 0 bridgehead atoms. The van der Waals surface area contributed by atoms with Crippen molar-refractivity contribution in [1.82, 2.24) is 5.01 Å². The smallest absolute Gasteiger partial charge is 0.281 e. The fourth-order valence-electron chi connectivity index (χ4n) is 3.44. The highest BCUT2D eigenvalue weighted by molar-refractivity contribution is 6.03. The molecule has 1 aliphatic heterocycles. The van der Waals surface area contributed by atoms with Crippen molar-refractivity contribution < 1.29 is 23.7 Å². The molecule has 1 atom stereocenters. The number of rotatable bonds is 7. The first-order valence-corrected chi connectivity index (χ1v) is 9.82.